The van der Waals surface area contributed by atoms with Crippen molar-refractivity contribution in [3.63, 3.8) is 0 Å². The van der Waals surface area contributed by atoms with Gasteiger partial charge in [-0.25, -0.2) is 13.1 Å². The Kier molecular flexibility index (Phi) is 5.23. The summed E-state index contributed by atoms with van der Waals surface area (Å²) in [6, 6.07) is 5.57. The summed E-state index contributed by atoms with van der Waals surface area (Å²) in [5.41, 5.74) is 0.482. The maximum absolute atomic E-state index is 11.9. The Balaban J connectivity index is 2.77. The van der Waals surface area contributed by atoms with E-state index in [1.807, 2.05) is 0 Å². The van der Waals surface area contributed by atoms with Crippen molar-refractivity contribution in [2.24, 2.45) is 5.92 Å². The molecule has 0 aliphatic carbocycles. The maximum Gasteiger partial charge on any atom is 0.307 e. The number of hydrogen-bond donors (Lipinski definition) is 3. The second-order valence-electron chi connectivity index (χ2n) is 4.30. The average Bonchev–Trinajstić information content (AvgIpc) is 2.35. The van der Waals surface area contributed by atoms with Gasteiger partial charge in [0.15, 0.2) is 0 Å². The van der Waals surface area contributed by atoms with Crippen molar-refractivity contribution in [3.05, 3.63) is 24.3 Å². The summed E-state index contributed by atoms with van der Waals surface area (Å²) in [7, 11) is -3.76. The normalized spacial score (nSPS) is 12.7. The van der Waals surface area contributed by atoms with Crippen LogP contribution in [-0.4, -0.2) is 31.9 Å². The van der Waals surface area contributed by atoms with E-state index in [0.717, 1.165) is 0 Å². The molecule has 0 heterocycles. The summed E-state index contributed by atoms with van der Waals surface area (Å²) in [4.78, 5) is 21.5. The molecule has 0 radical (unpaired) electrons. The summed E-state index contributed by atoms with van der Waals surface area (Å²) >= 11 is 0. The Hall–Kier alpha value is -1.93. The van der Waals surface area contributed by atoms with Gasteiger partial charge in [-0.3, -0.25) is 9.59 Å². The zero-order valence-corrected chi connectivity index (χ0v) is 11.9. The first kappa shape index (κ1) is 16.1. The van der Waals surface area contributed by atoms with Gasteiger partial charge in [-0.2, -0.15) is 0 Å². The van der Waals surface area contributed by atoms with Crippen molar-refractivity contribution in [2.75, 3.05) is 11.9 Å². The van der Waals surface area contributed by atoms with Crippen molar-refractivity contribution >= 4 is 27.6 Å². The van der Waals surface area contributed by atoms with Crippen LogP contribution in [0.1, 0.15) is 13.8 Å². The van der Waals surface area contributed by atoms with Gasteiger partial charge in [-0.15, -0.1) is 0 Å². The highest BCUT2D eigenvalue weighted by atomic mass is 32.2. The second-order valence-corrected chi connectivity index (χ2v) is 6.06. The number of carboxylic acids is 1. The molecule has 20 heavy (non-hydrogen) atoms. The average molecular weight is 300 g/mol. The van der Waals surface area contributed by atoms with E-state index in [1.54, 1.807) is 0 Å². The van der Waals surface area contributed by atoms with Crippen molar-refractivity contribution in [1.29, 1.82) is 0 Å². The van der Waals surface area contributed by atoms with Crippen LogP contribution in [0, 0.1) is 5.92 Å². The number of benzene rings is 1. The van der Waals surface area contributed by atoms with Crippen molar-refractivity contribution in [1.82, 2.24) is 4.72 Å². The van der Waals surface area contributed by atoms with Crippen LogP contribution in [0.4, 0.5) is 5.69 Å². The molecule has 8 heteroatoms. The first-order valence-corrected chi connectivity index (χ1v) is 7.31. The molecule has 0 aromatic heterocycles. The van der Waals surface area contributed by atoms with E-state index in [0.29, 0.717) is 5.69 Å². The van der Waals surface area contributed by atoms with Gasteiger partial charge in [0.05, 0.1) is 10.8 Å². The van der Waals surface area contributed by atoms with E-state index in [2.05, 4.69) is 10.0 Å². The molecule has 1 unspecified atom stereocenters. The van der Waals surface area contributed by atoms with Crippen LogP contribution in [0.3, 0.4) is 0 Å². The van der Waals surface area contributed by atoms with Crippen LogP contribution in [0.15, 0.2) is 29.2 Å². The molecule has 0 fully saturated rings. The monoisotopic (exact) mass is 300 g/mol. The Labute approximate surface area is 117 Å². The smallest absolute Gasteiger partial charge is 0.307 e. The number of carbonyl (C=O) groups excluding carboxylic acids is 1. The van der Waals surface area contributed by atoms with Crippen molar-refractivity contribution < 1.29 is 23.1 Å². The lowest BCUT2D eigenvalue weighted by atomic mass is 10.2. The SMILES string of the molecule is CC(=O)Nc1ccc(S(=O)(=O)NCC(C)C(=O)O)cc1. The molecule has 0 saturated heterocycles. The zero-order valence-electron chi connectivity index (χ0n) is 11.1. The van der Waals surface area contributed by atoms with Crippen molar-refractivity contribution in [3.8, 4) is 0 Å². The fourth-order valence-electron chi connectivity index (χ4n) is 1.33. The largest absolute Gasteiger partial charge is 0.481 e. The van der Waals surface area contributed by atoms with E-state index in [9.17, 15) is 18.0 Å². The van der Waals surface area contributed by atoms with Gasteiger partial charge in [0, 0.05) is 19.2 Å². The molecule has 0 aliphatic heterocycles. The number of carbonyl (C=O) groups is 2. The highest BCUT2D eigenvalue weighted by Crippen LogP contribution is 2.14. The van der Waals surface area contributed by atoms with E-state index in [4.69, 9.17) is 5.11 Å². The Morgan fingerprint density at radius 2 is 1.80 bits per heavy atom. The maximum atomic E-state index is 11.9. The third kappa shape index (κ3) is 4.63. The molecule has 3 N–H and O–H groups in total. The van der Waals surface area contributed by atoms with E-state index in [-0.39, 0.29) is 17.3 Å². The van der Waals surface area contributed by atoms with Gasteiger partial charge < -0.3 is 10.4 Å². The predicted octanol–water partition coefficient (Wildman–Crippen LogP) is 0.644. The first-order valence-electron chi connectivity index (χ1n) is 5.82. The van der Waals surface area contributed by atoms with E-state index >= 15 is 0 Å². The highest BCUT2D eigenvalue weighted by molar-refractivity contribution is 7.89. The van der Waals surface area contributed by atoms with Crippen LogP contribution in [0.25, 0.3) is 0 Å². The molecule has 0 saturated carbocycles. The molecule has 1 aromatic carbocycles. The van der Waals surface area contributed by atoms with Gasteiger partial charge in [0.2, 0.25) is 15.9 Å². The molecule has 1 amide bonds. The lowest BCUT2D eigenvalue weighted by Crippen LogP contribution is -2.31. The number of nitrogens with one attached hydrogen (secondary N) is 2. The number of amides is 1. The summed E-state index contributed by atoms with van der Waals surface area (Å²) in [5, 5.41) is 11.2. The minimum absolute atomic E-state index is 0.00388. The van der Waals surface area contributed by atoms with E-state index < -0.39 is 21.9 Å². The quantitative estimate of drug-likeness (QED) is 0.713. The molecule has 0 spiro atoms. The lowest BCUT2D eigenvalue weighted by Gasteiger charge is -2.10. The summed E-state index contributed by atoms with van der Waals surface area (Å²) in [6.07, 6.45) is 0. The minimum atomic E-state index is -3.76. The number of hydrogen-bond acceptors (Lipinski definition) is 4. The molecule has 1 atom stereocenters. The summed E-state index contributed by atoms with van der Waals surface area (Å²) in [5.74, 6) is -2.15. The summed E-state index contributed by atoms with van der Waals surface area (Å²) < 4.78 is 26.0. The lowest BCUT2D eigenvalue weighted by molar-refractivity contribution is -0.140. The Morgan fingerprint density at radius 1 is 1.25 bits per heavy atom. The van der Waals surface area contributed by atoms with Crippen molar-refractivity contribution in [2.45, 2.75) is 18.7 Å². The molecule has 0 bridgehead atoms. The Bertz CT molecular complexity index is 595. The molecular weight excluding hydrogens is 284 g/mol. The third-order valence-electron chi connectivity index (χ3n) is 2.49. The zero-order chi connectivity index (χ0) is 15.3. The third-order valence-corrected chi connectivity index (χ3v) is 3.93. The fraction of sp³-hybridized carbons (Fsp3) is 0.333. The molecule has 1 rings (SSSR count). The van der Waals surface area contributed by atoms with Gasteiger partial charge in [-0.05, 0) is 24.3 Å². The van der Waals surface area contributed by atoms with E-state index in [1.165, 1.54) is 38.1 Å². The van der Waals surface area contributed by atoms with Crippen LogP contribution in [0.2, 0.25) is 0 Å². The van der Waals surface area contributed by atoms with Crippen LogP contribution in [-0.2, 0) is 19.6 Å². The highest BCUT2D eigenvalue weighted by Gasteiger charge is 2.18. The molecule has 110 valence electrons. The number of aliphatic carboxylic acids is 1. The summed E-state index contributed by atoms with van der Waals surface area (Å²) in [6.45, 7) is 2.56. The van der Waals surface area contributed by atoms with Gasteiger partial charge in [0.25, 0.3) is 0 Å². The topological polar surface area (TPSA) is 113 Å². The van der Waals surface area contributed by atoms with Crippen LogP contribution >= 0.6 is 0 Å². The van der Waals surface area contributed by atoms with Crippen LogP contribution in [0.5, 0.6) is 0 Å². The predicted molar refractivity (Wildman–Crippen MR) is 72.7 cm³/mol. The van der Waals surface area contributed by atoms with Gasteiger partial charge in [-0.1, -0.05) is 6.92 Å². The molecule has 0 aliphatic rings. The van der Waals surface area contributed by atoms with Gasteiger partial charge >= 0.3 is 5.97 Å². The Morgan fingerprint density at radius 3 is 2.25 bits per heavy atom. The molecule has 1 aromatic rings. The first-order chi connectivity index (χ1) is 9.22. The van der Waals surface area contributed by atoms with Crippen LogP contribution < -0.4 is 10.0 Å². The van der Waals surface area contributed by atoms with Gasteiger partial charge in [0.1, 0.15) is 0 Å². The number of carboxylic acid groups (broad SMARTS) is 1. The second kappa shape index (κ2) is 6.49. The molecule has 7 nitrogen and oxygen atoms in total. The standard InChI is InChI=1S/C12H16N2O5S/c1-8(12(16)17)7-13-20(18,19)11-5-3-10(4-6-11)14-9(2)15/h3-6,8,13H,7H2,1-2H3,(H,14,15)(H,16,17). The fourth-order valence-corrected chi connectivity index (χ4v) is 2.46. The minimum Gasteiger partial charge on any atom is -0.481 e. The number of sulfonamides is 1. The molecular formula is C12H16N2O5S. The number of rotatable bonds is 6. The number of anilines is 1.